The lowest BCUT2D eigenvalue weighted by Gasteiger charge is -2.33. The number of halogens is 2. The lowest BCUT2D eigenvalue weighted by molar-refractivity contribution is 0.0872. The van der Waals surface area contributed by atoms with Crippen LogP contribution in [0.4, 0.5) is 11.4 Å². The fraction of sp³-hybridized carbons (Fsp3) is 0.188. The predicted molar refractivity (Wildman–Crippen MR) is 163 cm³/mol. The van der Waals surface area contributed by atoms with Gasteiger partial charge in [0.1, 0.15) is 0 Å². The van der Waals surface area contributed by atoms with Gasteiger partial charge in [0.15, 0.2) is 0 Å². The Balaban J connectivity index is 1.62. The summed E-state index contributed by atoms with van der Waals surface area (Å²) in [5.41, 5.74) is 7.95. The van der Waals surface area contributed by atoms with Crippen molar-refractivity contribution in [3.8, 4) is 0 Å². The Morgan fingerprint density at radius 3 is 1.07 bits per heavy atom. The number of amides is 4. The second kappa shape index (κ2) is 8.94. The molecule has 0 radical (unpaired) electrons. The molecule has 0 bridgehead atoms. The second-order valence-corrected chi connectivity index (χ2v) is 12.3. The average Bonchev–Trinajstić information content (AvgIpc) is 2.88. The minimum atomic E-state index is -0.515. The fourth-order valence-corrected chi connectivity index (χ4v) is 6.92. The van der Waals surface area contributed by atoms with Crippen LogP contribution in [-0.2, 0) is 0 Å². The molecule has 0 aromatic heterocycles. The van der Waals surface area contributed by atoms with Crippen LogP contribution >= 0.6 is 31.9 Å². The van der Waals surface area contributed by atoms with Gasteiger partial charge in [0.25, 0.3) is 23.6 Å². The molecular weight excluding hydrogens is 636 g/mol. The van der Waals surface area contributed by atoms with Gasteiger partial charge in [-0.05, 0) is 143 Å². The topological polar surface area (TPSA) is 74.8 Å². The van der Waals surface area contributed by atoms with Crippen LogP contribution in [0.1, 0.15) is 74.8 Å². The first-order valence-electron chi connectivity index (χ1n) is 12.8. The highest BCUT2D eigenvalue weighted by molar-refractivity contribution is 9.10. The molecule has 0 spiro atoms. The Morgan fingerprint density at radius 1 is 0.475 bits per heavy atom. The third kappa shape index (κ3) is 3.52. The Morgan fingerprint density at radius 2 is 0.775 bits per heavy atom. The first-order valence-corrected chi connectivity index (χ1v) is 14.3. The van der Waals surface area contributed by atoms with E-state index in [1.54, 1.807) is 12.1 Å². The van der Waals surface area contributed by atoms with Crippen LogP contribution in [0, 0.1) is 41.5 Å². The van der Waals surface area contributed by atoms with Crippen LogP contribution in [0.5, 0.6) is 0 Å². The summed E-state index contributed by atoms with van der Waals surface area (Å²) >= 11 is 7.06. The average molecular weight is 660 g/mol. The maximum absolute atomic E-state index is 14.0. The van der Waals surface area contributed by atoms with E-state index in [1.807, 2.05) is 65.8 Å². The Kier molecular flexibility index (Phi) is 5.95. The van der Waals surface area contributed by atoms with Gasteiger partial charge in [-0.1, -0.05) is 0 Å². The van der Waals surface area contributed by atoms with Gasteiger partial charge < -0.3 is 0 Å². The van der Waals surface area contributed by atoms with Gasteiger partial charge in [-0.25, -0.2) is 9.80 Å². The zero-order valence-electron chi connectivity index (χ0n) is 22.7. The van der Waals surface area contributed by atoms with E-state index >= 15 is 0 Å². The normalized spacial score (nSPS) is 14.6. The summed E-state index contributed by atoms with van der Waals surface area (Å²) in [7, 11) is 0. The predicted octanol–water partition coefficient (Wildman–Crippen LogP) is 7.82. The van der Waals surface area contributed by atoms with Crippen molar-refractivity contribution in [1.29, 1.82) is 0 Å². The molecule has 0 atom stereocenters. The van der Waals surface area contributed by atoms with Crippen molar-refractivity contribution >= 4 is 77.6 Å². The third-order valence-electron chi connectivity index (χ3n) is 8.35. The first kappa shape index (κ1) is 26.6. The minimum Gasteiger partial charge on any atom is -0.268 e. The van der Waals surface area contributed by atoms with E-state index in [2.05, 4.69) is 31.9 Å². The molecule has 4 aromatic rings. The van der Waals surface area contributed by atoms with E-state index in [-0.39, 0.29) is 22.3 Å². The van der Waals surface area contributed by atoms with Crippen molar-refractivity contribution in [2.45, 2.75) is 41.5 Å². The quantitative estimate of drug-likeness (QED) is 0.206. The summed E-state index contributed by atoms with van der Waals surface area (Å²) in [4.78, 5) is 58.3. The smallest absolute Gasteiger partial charge is 0.267 e. The maximum atomic E-state index is 14.0. The summed E-state index contributed by atoms with van der Waals surface area (Å²) in [6.07, 6.45) is 0. The van der Waals surface area contributed by atoms with E-state index in [0.29, 0.717) is 31.1 Å². The van der Waals surface area contributed by atoms with Crippen molar-refractivity contribution < 1.29 is 19.2 Å². The number of hydrogen-bond acceptors (Lipinski definition) is 4. The highest BCUT2D eigenvalue weighted by Crippen LogP contribution is 2.45. The summed E-state index contributed by atoms with van der Waals surface area (Å²) in [5, 5.41) is 0.624. The van der Waals surface area contributed by atoms with Gasteiger partial charge in [-0.3, -0.25) is 19.2 Å². The Hall–Kier alpha value is -3.62. The van der Waals surface area contributed by atoms with Gasteiger partial charge in [0, 0.05) is 19.7 Å². The van der Waals surface area contributed by atoms with Crippen molar-refractivity contribution in [3.63, 3.8) is 0 Å². The number of nitrogens with zero attached hydrogens (tertiary/aromatic N) is 2. The van der Waals surface area contributed by atoms with Crippen LogP contribution in [0.25, 0.3) is 10.8 Å². The van der Waals surface area contributed by atoms with E-state index in [1.165, 1.54) is 9.80 Å². The highest BCUT2D eigenvalue weighted by atomic mass is 79.9. The maximum Gasteiger partial charge on any atom is 0.267 e. The summed E-state index contributed by atoms with van der Waals surface area (Å²) < 4.78 is 0.762. The number of aryl methyl sites for hydroxylation is 4. The van der Waals surface area contributed by atoms with Crippen molar-refractivity contribution in [2.24, 2.45) is 0 Å². The number of rotatable bonds is 2. The largest absolute Gasteiger partial charge is 0.268 e. The molecule has 200 valence electrons. The zero-order valence-corrected chi connectivity index (χ0v) is 25.9. The third-order valence-corrected chi connectivity index (χ3v) is 9.60. The van der Waals surface area contributed by atoms with E-state index in [9.17, 15) is 19.2 Å². The van der Waals surface area contributed by atoms with Gasteiger partial charge in [0.05, 0.1) is 33.6 Å². The first-order chi connectivity index (χ1) is 18.8. The monoisotopic (exact) mass is 658 g/mol. The van der Waals surface area contributed by atoms with Gasteiger partial charge in [-0.2, -0.15) is 0 Å². The zero-order chi connectivity index (χ0) is 28.9. The van der Waals surface area contributed by atoms with E-state index < -0.39 is 23.6 Å². The van der Waals surface area contributed by atoms with E-state index in [4.69, 9.17) is 0 Å². The van der Waals surface area contributed by atoms with Crippen LogP contribution < -0.4 is 9.80 Å². The van der Waals surface area contributed by atoms with Crippen LogP contribution in [0.15, 0.2) is 45.3 Å². The molecule has 0 saturated carbocycles. The number of hydrogen-bond donors (Lipinski definition) is 0. The molecular formula is C32H24Br2N2O4. The molecule has 6 rings (SSSR count). The van der Waals surface area contributed by atoms with Crippen molar-refractivity contribution in [2.75, 3.05) is 9.80 Å². The van der Waals surface area contributed by atoms with Gasteiger partial charge >= 0.3 is 0 Å². The molecule has 40 heavy (non-hydrogen) atoms. The molecule has 4 amide bonds. The molecule has 4 aromatic carbocycles. The summed E-state index contributed by atoms with van der Waals surface area (Å²) in [6.45, 7) is 11.8. The van der Waals surface area contributed by atoms with Gasteiger partial charge in [0.2, 0.25) is 0 Å². The second-order valence-electron chi connectivity index (χ2n) is 10.6. The highest BCUT2D eigenvalue weighted by Gasteiger charge is 2.43. The lowest BCUT2D eigenvalue weighted by atomic mass is 9.85. The SMILES string of the molecule is Cc1cc(N2C(=O)c3cc(Br)c4c5c(cc(Br)c(c35)C2=O)C(=O)N(c2cc(C)c(C)c(C)c2)C4=O)cc(C)c1C. The molecule has 0 aliphatic carbocycles. The number of anilines is 2. The molecule has 2 heterocycles. The summed E-state index contributed by atoms with van der Waals surface area (Å²) in [6, 6.07) is 10.5. The number of benzene rings is 4. The van der Waals surface area contributed by atoms with E-state index in [0.717, 1.165) is 33.4 Å². The molecule has 8 heteroatoms. The molecule has 0 saturated heterocycles. The molecule has 2 aliphatic rings. The fourth-order valence-electron chi connectivity index (χ4n) is 5.73. The molecule has 0 fully saturated rings. The van der Waals surface area contributed by atoms with Crippen LogP contribution in [-0.4, -0.2) is 23.6 Å². The molecule has 6 nitrogen and oxygen atoms in total. The molecule has 2 aliphatic heterocycles. The Bertz CT molecular complexity index is 1740. The minimum absolute atomic E-state index is 0.244. The molecule has 0 unspecified atom stereocenters. The standard InChI is InChI=1S/C32H24Br2N2O4/c1-13-7-19(8-14(2)17(13)5)35-29(37)21-11-24(34)28-26-22(12-23(33)27(25(21)26)31(35)39)30(38)36(32(28)40)20-9-15(3)18(6)16(4)10-20/h7-12H,1-6H3. The number of carbonyl (C=O) groups excluding carboxylic acids is 4. The lowest BCUT2D eigenvalue weighted by Crippen LogP contribution is -2.44. The van der Waals surface area contributed by atoms with Crippen molar-refractivity contribution in [1.82, 2.24) is 0 Å². The van der Waals surface area contributed by atoms with Crippen LogP contribution in [0.3, 0.4) is 0 Å². The number of carbonyl (C=O) groups is 4. The Labute approximate surface area is 248 Å². The van der Waals surface area contributed by atoms with Crippen molar-refractivity contribution in [3.05, 3.63) is 101 Å². The van der Waals surface area contributed by atoms with Gasteiger partial charge in [-0.15, -0.1) is 0 Å². The molecule has 0 N–H and O–H groups in total. The summed E-state index contributed by atoms with van der Waals surface area (Å²) in [5.74, 6) is -2.05. The number of imide groups is 2. The van der Waals surface area contributed by atoms with Crippen LogP contribution in [0.2, 0.25) is 0 Å².